The van der Waals surface area contributed by atoms with E-state index in [1.165, 1.54) is 0 Å². The second kappa shape index (κ2) is 9.11. The number of carbonyl (C=O) groups is 1. The molecule has 0 unspecified atom stereocenters. The lowest BCUT2D eigenvalue weighted by Gasteiger charge is -2.19. The lowest BCUT2D eigenvalue weighted by Crippen LogP contribution is -2.39. The van der Waals surface area contributed by atoms with Crippen molar-refractivity contribution in [3.8, 4) is 0 Å². The molecule has 2 rings (SSSR count). The number of benzene rings is 2. The van der Waals surface area contributed by atoms with Gasteiger partial charge in [0.2, 0.25) is 5.91 Å². The monoisotopic (exact) mass is 310 g/mol. The molecule has 0 heterocycles. The number of nitrogens with one attached hydrogen (secondary N) is 1. The summed E-state index contributed by atoms with van der Waals surface area (Å²) in [5.74, 6) is -0.287. The second-order valence-corrected chi connectivity index (χ2v) is 5.90. The highest BCUT2D eigenvalue weighted by atomic mass is 16.1. The highest BCUT2D eigenvalue weighted by Gasteiger charge is 2.22. The predicted octanol–water partition coefficient (Wildman–Crippen LogP) is 3.45. The van der Waals surface area contributed by atoms with Crippen molar-refractivity contribution >= 4 is 5.91 Å². The van der Waals surface area contributed by atoms with Crippen LogP contribution >= 0.6 is 0 Å². The van der Waals surface area contributed by atoms with Gasteiger partial charge < -0.3 is 11.1 Å². The number of carbonyl (C=O) groups excluding carboxylic acids is 1. The molecule has 23 heavy (non-hydrogen) atoms. The Balaban J connectivity index is 2.10. The summed E-state index contributed by atoms with van der Waals surface area (Å²) in [4.78, 5) is 12.8. The Labute approximate surface area is 138 Å². The van der Waals surface area contributed by atoms with Crippen molar-refractivity contribution in [2.24, 2.45) is 5.73 Å². The lowest BCUT2D eigenvalue weighted by atomic mass is 9.90. The Morgan fingerprint density at radius 3 is 2.00 bits per heavy atom. The molecule has 3 nitrogen and oxygen atoms in total. The van der Waals surface area contributed by atoms with Crippen molar-refractivity contribution in [1.82, 2.24) is 5.32 Å². The first-order valence-electron chi connectivity index (χ1n) is 8.35. The molecule has 0 aliphatic carbocycles. The second-order valence-electron chi connectivity index (χ2n) is 5.90. The molecule has 1 atom stereocenters. The van der Waals surface area contributed by atoms with Gasteiger partial charge in [-0.3, -0.25) is 4.79 Å². The van der Waals surface area contributed by atoms with Crippen molar-refractivity contribution in [1.29, 1.82) is 0 Å². The summed E-state index contributed by atoms with van der Waals surface area (Å²) in [5, 5.41) is 3.02. The van der Waals surface area contributed by atoms with Crippen molar-refractivity contribution in [2.75, 3.05) is 6.54 Å². The van der Waals surface area contributed by atoms with Gasteiger partial charge in [0.15, 0.2) is 0 Å². The van der Waals surface area contributed by atoms with Crippen LogP contribution < -0.4 is 11.1 Å². The van der Waals surface area contributed by atoms with Gasteiger partial charge in [-0.1, -0.05) is 80.4 Å². The highest BCUT2D eigenvalue weighted by Crippen LogP contribution is 2.24. The van der Waals surface area contributed by atoms with Crippen molar-refractivity contribution in [2.45, 2.75) is 38.1 Å². The maximum absolute atomic E-state index is 12.8. The number of unbranched alkanes of at least 4 members (excludes halogenated alkanes) is 1. The molecule has 2 aromatic carbocycles. The number of hydrogen-bond acceptors (Lipinski definition) is 2. The minimum Gasteiger partial charge on any atom is -0.354 e. The predicted molar refractivity (Wildman–Crippen MR) is 95.2 cm³/mol. The summed E-state index contributed by atoms with van der Waals surface area (Å²) in [5.41, 5.74) is 8.07. The summed E-state index contributed by atoms with van der Waals surface area (Å²) >= 11 is 0. The molecule has 2 aromatic rings. The van der Waals surface area contributed by atoms with Gasteiger partial charge in [0.05, 0.1) is 5.92 Å². The Hall–Kier alpha value is -2.13. The van der Waals surface area contributed by atoms with E-state index in [9.17, 15) is 4.79 Å². The molecule has 0 saturated carbocycles. The van der Waals surface area contributed by atoms with Crippen LogP contribution in [0.15, 0.2) is 60.7 Å². The molecule has 1 amide bonds. The van der Waals surface area contributed by atoms with Crippen LogP contribution in [0, 0.1) is 0 Å². The van der Waals surface area contributed by atoms with Crippen molar-refractivity contribution < 1.29 is 4.79 Å². The lowest BCUT2D eigenvalue weighted by molar-refractivity contribution is -0.121. The summed E-state index contributed by atoms with van der Waals surface area (Å²) in [6.07, 6.45) is 3.16. The van der Waals surface area contributed by atoms with Crippen LogP contribution in [0.25, 0.3) is 0 Å². The fourth-order valence-electron chi connectivity index (χ4n) is 2.69. The normalized spacial score (nSPS) is 12.1. The molecule has 3 heteroatoms. The van der Waals surface area contributed by atoms with E-state index in [1.54, 1.807) is 0 Å². The Morgan fingerprint density at radius 1 is 1.00 bits per heavy atom. The Morgan fingerprint density at radius 2 is 1.52 bits per heavy atom. The third-order valence-corrected chi connectivity index (χ3v) is 3.99. The van der Waals surface area contributed by atoms with Gasteiger partial charge >= 0.3 is 0 Å². The van der Waals surface area contributed by atoms with E-state index in [2.05, 4.69) is 12.2 Å². The van der Waals surface area contributed by atoms with Crippen LogP contribution in [0.3, 0.4) is 0 Å². The zero-order valence-electron chi connectivity index (χ0n) is 13.7. The zero-order valence-corrected chi connectivity index (χ0v) is 13.7. The molecule has 0 bridgehead atoms. The smallest absolute Gasteiger partial charge is 0.232 e. The zero-order chi connectivity index (χ0) is 16.5. The maximum Gasteiger partial charge on any atom is 0.232 e. The molecule has 3 N–H and O–H groups in total. The SMILES string of the molecule is CCCC[C@H](N)CNC(=O)C(c1ccccc1)c1ccccc1. The first-order valence-corrected chi connectivity index (χ1v) is 8.35. The third kappa shape index (κ3) is 5.22. The van der Waals surface area contributed by atoms with Crippen LogP contribution in [-0.2, 0) is 4.79 Å². The molecule has 0 saturated heterocycles. The van der Waals surface area contributed by atoms with Gasteiger partial charge in [0.1, 0.15) is 0 Å². The first kappa shape index (κ1) is 17.2. The van der Waals surface area contributed by atoms with Crippen molar-refractivity contribution in [3.63, 3.8) is 0 Å². The molecule has 0 aliphatic heterocycles. The van der Waals surface area contributed by atoms with Gasteiger partial charge in [-0.25, -0.2) is 0 Å². The van der Waals surface area contributed by atoms with Gasteiger partial charge in [0, 0.05) is 12.6 Å². The summed E-state index contributed by atoms with van der Waals surface area (Å²) in [7, 11) is 0. The largest absolute Gasteiger partial charge is 0.354 e. The summed E-state index contributed by atoms with van der Waals surface area (Å²) in [6.45, 7) is 2.67. The Bertz CT molecular complexity index is 544. The molecule has 0 fully saturated rings. The first-order chi connectivity index (χ1) is 11.2. The van der Waals surface area contributed by atoms with E-state index in [4.69, 9.17) is 5.73 Å². The minimum absolute atomic E-state index is 0.00866. The number of rotatable bonds is 8. The molecule has 122 valence electrons. The highest BCUT2D eigenvalue weighted by molar-refractivity contribution is 5.87. The maximum atomic E-state index is 12.8. The number of hydrogen-bond donors (Lipinski definition) is 2. The van der Waals surface area contributed by atoms with Crippen LogP contribution in [-0.4, -0.2) is 18.5 Å². The van der Waals surface area contributed by atoms with Gasteiger partial charge in [-0.2, -0.15) is 0 Å². The van der Waals surface area contributed by atoms with Crippen LogP contribution in [0.2, 0.25) is 0 Å². The Kier molecular flexibility index (Phi) is 6.82. The van der Waals surface area contributed by atoms with E-state index in [1.807, 2.05) is 60.7 Å². The van der Waals surface area contributed by atoms with Crippen LogP contribution in [0.1, 0.15) is 43.2 Å². The minimum atomic E-state index is -0.296. The van der Waals surface area contributed by atoms with E-state index in [0.29, 0.717) is 6.54 Å². The summed E-state index contributed by atoms with van der Waals surface area (Å²) in [6, 6.07) is 19.8. The molecular weight excluding hydrogens is 284 g/mol. The van der Waals surface area contributed by atoms with Crippen LogP contribution in [0.5, 0.6) is 0 Å². The quantitative estimate of drug-likeness (QED) is 0.784. The van der Waals surface area contributed by atoms with E-state index in [-0.39, 0.29) is 17.9 Å². The standard InChI is InChI=1S/C20H26N2O/c1-2-3-14-18(21)15-22-20(23)19(16-10-6-4-7-11-16)17-12-8-5-9-13-17/h4-13,18-19H,2-3,14-15,21H2,1H3,(H,22,23)/t18-/m0/s1. The summed E-state index contributed by atoms with van der Waals surface area (Å²) < 4.78 is 0. The number of amides is 1. The molecule has 0 aliphatic rings. The fourth-order valence-corrected chi connectivity index (χ4v) is 2.69. The van der Waals surface area contributed by atoms with Crippen molar-refractivity contribution in [3.05, 3.63) is 71.8 Å². The van der Waals surface area contributed by atoms with E-state index in [0.717, 1.165) is 30.4 Å². The van der Waals surface area contributed by atoms with Gasteiger partial charge in [-0.05, 0) is 17.5 Å². The molecular formula is C20H26N2O. The average molecular weight is 310 g/mol. The average Bonchev–Trinajstić information content (AvgIpc) is 2.60. The third-order valence-electron chi connectivity index (χ3n) is 3.99. The number of nitrogens with two attached hydrogens (primary N) is 1. The fraction of sp³-hybridized carbons (Fsp3) is 0.350. The van der Waals surface area contributed by atoms with Gasteiger partial charge in [-0.15, -0.1) is 0 Å². The van der Waals surface area contributed by atoms with Gasteiger partial charge in [0.25, 0.3) is 0 Å². The topological polar surface area (TPSA) is 55.1 Å². The molecule has 0 radical (unpaired) electrons. The van der Waals surface area contributed by atoms with Crippen LogP contribution in [0.4, 0.5) is 0 Å². The molecule has 0 spiro atoms. The molecule has 0 aromatic heterocycles. The van der Waals surface area contributed by atoms with E-state index >= 15 is 0 Å². The van der Waals surface area contributed by atoms with E-state index < -0.39 is 0 Å².